The molecular formula is C18H18Cl2N2O5. The van der Waals surface area contributed by atoms with Crippen LogP contribution in [0.15, 0.2) is 35.4 Å². The van der Waals surface area contributed by atoms with Gasteiger partial charge in [-0.05, 0) is 37.3 Å². The lowest BCUT2D eigenvalue weighted by atomic mass is 10.2. The molecular weight excluding hydrogens is 395 g/mol. The molecule has 0 aliphatic heterocycles. The van der Waals surface area contributed by atoms with E-state index in [9.17, 15) is 9.90 Å². The highest BCUT2D eigenvalue weighted by Crippen LogP contribution is 2.36. The summed E-state index contributed by atoms with van der Waals surface area (Å²) in [4.78, 5) is 12.1. The maximum absolute atomic E-state index is 12.1. The van der Waals surface area contributed by atoms with E-state index in [0.717, 1.165) is 0 Å². The minimum atomic E-state index is -0.843. The minimum absolute atomic E-state index is 0.122. The second-order valence-corrected chi connectivity index (χ2v) is 6.19. The summed E-state index contributed by atoms with van der Waals surface area (Å²) < 4.78 is 15.6. The zero-order chi connectivity index (χ0) is 20.0. The molecule has 1 unspecified atom stereocenters. The highest BCUT2D eigenvalue weighted by atomic mass is 35.5. The monoisotopic (exact) mass is 412 g/mol. The number of phenols is 1. The molecule has 2 aromatic carbocycles. The zero-order valence-corrected chi connectivity index (χ0v) is 16.3. The first-order chi connectivity index (χ1) is 12.8. The van der Waals surface area contributed by atoms with Gasteiger partial charge >= 0.3 is 0 Å². The van der Waals surface area contributed by atoms with Crippen molar-refractivity contribution in [3.8, 4) is 23.0 Å². The minimum Gasteiger partial charge on any atom is -0.502 e. The molecule has 0 aromatic heterocycles. The van der Waals surface area contributed by atoms with Gasteiger partial charge < -0.3 is 19.3 Å². The Labute approximate surface area is 166 Å². The Bertz CT molecular complexity index is 833. The molecule has 144 valence electrons. The van der Waals surface area contributed by atoms with E-state index >= 15 is 0 Å². The van der Waals surface area contributed by atoms with E-state index < -0.39 is 12.0 Å². The highest BCUT2D eigenvalue weighted by molar-refractivity contribution is 6.35. The topological polar surface area (TPSA) is 89.4 Å². The predicted molar refractivity (Wildman–Crippen MR) is 103 cm³/mol. The van der Waals surface area contributed by atoms with Gasteiger partial charge in [0.2, 0.25) is 5.75 Å². The first-order valence-corrected chi connectivity index (χ1v) is 8.51. The van der Waals surface area contributed by atoms with Gasteiger partial charge in [0.15, 0.2) is 17.6 Å². The number of hydrazone groups is 1. The number of carbonyl (C=O) groups excluding carboxylic acids is 1. The van der Waals surface area contributed by atoms with Crippen LogP contribution in [0.25, 0.3) is 0 Å². The maximum atomic E-state index is 12.1. The quantitative estimate of drug-likeness (QED) is 0.535. The van der Waals surface area contributed by atoms with Crippen molar-refractivity contribution < 1.29 is 24.1 Å². The van der Waals surface area contributed by atoms with Crippen LogP contribution in [0.3, 0.4) is 0 Å². The number of nitrogens with zero attached hydrogens (tertiary/aromatic N) is 1. The Morgan fingerprint density at radius 3 is 2.33 bits per heavy atom. The first kappa shape index (κ1) is 20.7. The average molecular weight is 413 g/mol. The number of amides is 1. The molecule has 2 aromatic rings. The number of aromatic hydroxyl groups is 1. The summed E-state index contributed by atoms with van der Waals surface area (Å²) in [7, 11) is 2.83. The van der Waals surface area contributed by atoms with Crippen molar-refractivity contribution >= 4 is 35.3 Å². The summed E-state index contributed by atoms with van der Waals surface area (Å²) in [5.41, 5.74) is 2.92. The van der Waals surface area contributed by atoms with E-state index in [-0.39, 0.29) is 17.2 Å². The molecule has 0 fully saturated rings. The van der Waals surface area contributed by atoms with Gasteiger partial charge in [0.05, 0.1) is 25.5 Å². The molecule has 2 N–H and O–H groups in total. The molecule has 0 aliphatic carbocycles. The number of methoxy groups -OCH3 is 2. The van der Waals surface area contributed by atoms with Crippen molar-refractivity contribution in [2.45, 2.75) is 13.0 Å². The van der Waals surface area contributed by atoms with Crippen LogP contribution >= 0.6 is 23.2 Å². The predicted octanol–water partition coefficient (Wildman–Crippen LogP) is 3.63. The Morgan fingerprint density at radius 1 is 1.15 bits per heavy atom. The van der Waals surface area contributed by atoms with Gasteiger partial charge in [-0.1, -0.05) is 23.2 Å². The van der Waals surface area contributed by atoms with Crippen LogP contribution in [0.4, 0.5) is 0 Å². The Morgan fingerprint density at radius 2 is 1.78 bits per heavy atom. The van der Waals surface area contributed by atoms with Crippen LogP contribution in [-0.2, 0) is 4.79 Å². The summed E-state index contributed by atoms with van der Waals surface area (Å²) in [6, 6.07) is 7.79. The molecule has 0 spiro atoms. The molecule has 0 bridgehead atoms. The number of nitrogens with one attached hydrogen (secondary N) is 1. The van der Waals surface area contributed by atoms with Gasteiger partial charge in [-0.3, -0.25) is 4.79 Å². The Balaban J connectivity index is 2.02. The van der Waals surface area contributed by atoms with Crippen LogP contribution in [-0.4, -0.2) is 37.6 Å². The molecule has 0 radical (unpaired) electrons. The zero-order valence-electron chi connectivity index (χ0n) is 14.8. The van der Waals surface area contributed by atoms with E-state index in [1.54, 1.807) is 31.2 Å². The molecule has 9 heteroatoms. The van der Waals surface area contributed by atoms with Crippen molar-refractivity contribution in [1.29, 1.82) is 0 Å². The molecule has 0 saturated heterocycles. The molecule has 27 heavy (non-hydrogen) atoms. The number of hydrogen-bond acceptors (Lipinski definition) is 6. The maximum Gasteiger partial charge on any atom is 0.280 e. The molecule has 2 rings (SSSR count). The van der Waals surface area contributed by atoms with Crippen LogP contribution in [0.1, 0.15) is 12.5 Å². The number of ether oxygens (including phenoxy) is 3. The van der Waals surface area contributed by atoms with Crippen LogP contribution in [0.2, 0.25) is 10.0 Å². The fourth-order valence-corrected chi connectivity index (χ4v) is 2.52. The lowest BCUT2D eigenvalue weighted by Crippen LogP contribution is -2.33. The second-order valence-electron chi connectivity index (χ2n) is 5.34. The van der Waals surface area contributed by atoms with Crippen LogP contribution < -0.4 is 19.6 Å². The molecule has 1 atom stereocenters. The molecule has 0 heterocycles. The van der Waals surface area contributed by atoms with Gasteiger partial charge in [0.25, 0.3) is 5.91 Å². The third kappa shape index (κ3) is 5.42. The van der Waals surface area contributed by atoms with E-state index in [1.165, 1.54) is 26.5 Å². The van der Waals surface area contributed by atoms with E-state index in [4.69, 9.17) is 37.4 Å². The Hall–Kier alpha value is -2.64. The highest BCUT2D eigenvalue weighted by Gasteiger charge is 2.16. The fraction of sp³-hybridized carbons (Fsp3) is 0.222. The van der Waals surface area contributed by atoms with Crippen molar-refractivity contribution in [1.82, 2.24) is 5.43 Å². The van der Waals surface area contributed by atoms with Gasteiger partial charge in [-0.25, -0.2) is 5.43 Å². The molecule has 7 nitrogen and oxygen atoms in total. The van der Waals surface area contributed by atoms with Gasteiger partial charge in [0.1, 0.15) is 5.75 Å². The lowest BCUT2D eigenvalue weighted by molar-refractivity contribution is -0.127. The van der Waals surface area contributed by atoms with Crippen molar-refractivity contribution in [2.24, 2.45) is 5.10 Å². The summed E-state index contributed by atoms with van der Waals surface area (Å²) in [5, 5.41) is 14.5. The van der Waals surface area contributed by atoms with Gasteiger partial charge in [0, 0.05) is 10.6 Å². The second kappa shape index (κ2) is 9.34. The SMILES string of the molecule is COc1cc(/C=N/NC(=O)C(C)Oc2ccc(Cl)cc2Cl)cc(OC)c1O. The van der Waals surface area contributed by atoms with Gasteiger partial charge in [-0.15, -0.1) is 0 Å². The number of rotatable bonds is 7. The number of benzene rings is 2. The standard InChI is InChI=1S/C18H18Cl2N2O5/c1-10(27-14-5-4-12(19)8-13(14)20)18(24)22-21-9-11-6-15(25-2)17(23)16(7-11)26-3/h4-10,23H,1-3H3,(H,22,24)/b21-9+. The molecule has 0 saturated carbocycles. The Kier molecular flexibility index (Phi) is 7.15. The first-order valence-electron chi connectivity index (χ1n) is 7.75. The lowest BCUT2D eigenvalue weighted by Gasteiger charge is -2.14. The summed E-state index contributed by atoms with van der Waals surface area (Å²) in [6.07, 6.45) is 0.536. The average Bonchev–Trinajstić information content (AvgIpc) is 2.64. The van der Waals surface area contributed by atoms with Gasteiger partial charge in [-0.2, -0.15) is 5.10 Å². The summed E-state index contributed by atoms with van der Waals surface area (Å²) >= 11 is 11.8. The van der Waals surface area contributed by atoms with Crippen molar-refractivity contribution in [2.75, 3.05) is 14.2 Å². The largest absolute Gasteiger partial charge is 0.502 e. The smallest absolute Gasteiger partial charge is 0.280 e. The number of halogens is 2. The van der Waals surface area contributed by atoms with E-state index in [0.29, 0.717) is 21.4 Å². The van der Waals surface area contributed by atoms with Crippen molar-refractivity contribution in [3.05, 3.63) is 45.9 Å². The number of hydrogen-bond donors (Lipinski definition) is 2. The summed E-state index contributed by atoms with van der Waals surface area (Å²) in [6.45, 7) is 1.56. The molecule has 1 amide bonds. The third-order valence-corrected chi connectivity index (χ3v) is 3.99. The molecule has 0 aliphatic rings. The summed E-state index contributed by atoms with van der Waals surface area (Å²) in [5.74, 6) is 0.172. The van der Waals surface area contributed by atoms with E-state index in [1.807, 2.05) is 0 Å². The van der Waals surface area contributed by atoms with Crippen LogP contribution in [0, 0.1) is 0 Å². The third-order valence-electron chi connectivity index (χ3n) is 3.46. The normalized spacial score (nSPS) is 11.9. The number of carbonyl (C=O) groups is 1. The van der Waals surface area contributed by atoms with Crippen molar-refractivity contribution in [3.63, 3.8) is 0 Å². The van der Waals surface area contributed by atoms with E-state index in [2.05, 4.69) is 10.5 Å². The van der Waals surface area contributed by atoms with Crippen LogP contribution in [0.5, 0.6) is 23.0 Å². The number of phenolic OH excluding ortho intramolecular Hbond substituents is 1. The fourth-order valence-electron chi connectivity index (χ4n) is 2.06.